The fourth-order valence-electron chi connectivity index (χ4n) is 1.60. The van der Waals surface area contributed by atoms with E-state index in [1.54, 1.807) is 0 Å². The van der Waals surface area contributed by atoms with Crippen molar-refractivity contribution in [3.63, 3.8) is 0 Å². The van der Waals surface area contributed by atoms with E-state index in [-0.39, 0.29) is 0 Å². The second kappa shape index (κ2) is 5.23. The van der Waals surface area contributed by atoms with Crippen LogP contribution < -0.4 is 5.32 Å². The van der Waals surface area contributed by atoms with Crippen molar-refractivity contribution in [2.45, 2.75) is 47.1 Å². The minimum atomic E-state index is 0.505. The summed E-state index contributed by atoms with van der Waals surface area (Å²) in [7, 11) is 0. The SMILES string of the molecule is C=C(NC(C)C)C(CC)C(C)C. The van der Waals surface area contributed by atoms with E-state index in [0.29, 0.717) is 17.9 Å². The van der Waals surface area contributed by atoms with E-state index in [9.17, 15) is 0 Å². The van der Waals surface area contributed by atoms with Crippen molar-refractivity contribution in [2.75, 3.05) is 0 Å². The van der Waals surface area contributed by atoms with E-state index < -0.39 is 0 Å². The van der Waals surface area contributed by atoms with Crippen LogP contribution >= 0.6 is 0 Å². The van der Waals surface area contributed by atoms with Crippen molar-refractivity contribution in [1.82, 2.24) is 5.32 Å². The zero-order valence-electron chi connectivity index (χ0n) is 9.15. The normalized spacial score (nSPS) is 13.6. The Morgan fingerprint density at radius 2 is 1.75 bits per heavy atom. The highest BCUT2D eigenvalue weighted by atomic mass is 14.9. The molecule has 0 aromatic carbocycles. The summed E-state index contributed by atoms with van der Waals surface area (Å²) in [5.41, 5.74) is 1.20. The van der Waals surface area contributed by atoms with Gasteiger partial charge in [0.2, 0.25) is 0 Å². The molecule has 0 saturated carbocycles. The van der Waals surface area contributed by atoms with Gasteiger partial charge in [0.1, 0.15) is 0 Å². The van der Waals surface area contributed by atoms with Gasteiger partial charge >= 0.3 is 0 Å². The molecular formula is C11H23N. The van der Waals surface area contributed by atoms with E-state index in [1.807, 2.05) is 0 Å². The van der Waals surface area contributed by atoms with Gasteiger partial charge in [0.25, 0.3) is 0 Å². The average Bonchev–Trinajstić information content (AvgIpc) is 1.85. The molecule has 0 bridgehead atoms. The van der Waals surface area contributed by atoms with Gasteiger partial charge in [-0.25, -0.2) is 0 Å². The van der Waals surface area contributed by atoms with Gasteiger partial charge in [-0.2, -0.15) is 0 Å². The zero-order chi connectivity index (χ0) is 9.72. The minimum absolute atomic E-state index is 0.505. The first-order chi connectivity index (χ1) is 5.49. The van der Waals surface area contributed by atoms with Crippen LogP contribution in [0.4, 0.5) is 0 Å². The van der Waals surface area contributed by atoms with Crippen LogP contribution in [-0.2, 0) is 0 Å². The summed E-state index contributed by atoms with van der Waals surface area (Å²) >= 11 is 0. The number of hydrogen-bond donors (Lipinski definition) is 1. The average molecular weight is 169 g/mol. The summed E-state index contributed by atoms with van der Waals surface area (Å²) in [5, 5.41) is 3.38. The van der Waals surface area contributed by atoms with Crippen LogP contribution in [0.15, 0.2) is 12.3 Å². The molecule has 0 spiro atoms. The van der Waals surface area contributed by atoms with Gasteiger partial charge in [0, 0.05) is 17.7 Å². The Morgan fingerprint density at radius 1 is 1.25 bits per heavy atom. The van der Waals surface area contributed by atoms with E-state index in [4.69, 9.17) is 0 Å². The molecule has 1 nitrogen and oxygen atoms in total. The van der Waals surface area contributed by atoms with Crippen molar-refractivity contribution in [3.8, 4) is 0 Å². The van der Waals surface area contributed by atoms with Crippen molar-refractivity contribution < 1.29 is 0 Å². The highest BCUT2D eigenvalue weighted by molar-refractivity contribution is 4.99. The van der Waals surface area contributed by atoms with Crippen molar-refractivity contribution in [2.24, 2.45) is 11.8 Å². The summed E-state index contributed by atoms with van der Waals surface area (Å²) in [6, 6.07) is 0.505. The Morgan fingerprint density at radius 3 is 2.00 bits per heavy atom. The van der Waals surface area contributed by atoms with Gasteiger partial charge in [-0.1, -0.05) is 27.4 Å². The van der Waals surface area contributed by atoms with Crippen LogP contribution in [0.3, 0.4) is 0 Å². The maximum Gasteiger partial charge on any atom is 0.0201 e. The van der Waals surface area contributed by atoms with Crippen molar-refractivity contribution in [1.29, 1.82) is 0 Å². The van der Waals surface area contributed by atoms with Gasteiger partial charge < -0.3 is 5.32 Å². The molecule has 1 atom stereocenters. The zero-order valence-corrected chi connectivity index (χ0v) is 9.15. The van der Waals surface area contributed by atoms with Crippen molar-refractivity contribution in [3.05, 3.63) is 12.3 Å². The molecule has 0 heterocycles. The van der Waals surface area contributed by atoms with E-state index in [1.165, 1.54) is 12.1 Å². The molecule has 0 rings (SSSR count). The Balaban J connectivity index is 4.04. The molecule has 0 aromatic heterocycles. The number of hydrogen-bond acceptors (Lipinski definition) is 1. The monoisotopic (exact) mass is 169 g/mol. The third-order valence-electron chi connectivity index (χ3n) is 2.17. The van der Waals surface area contributed by atoms with E-state index >= 15 is 0 Å². The topological polar surface area (TPSA) is 12.0 Å². The fraction of sp³-hybridized carbons (Fsp3) is 0.818. The second-order valence-corrected chi connectivity index (χ2v) is 4.08. The van der Waals surface area contributed by atoms with Gasteiger partial charge in [-0.05, 0) is 26.2 Å². The smallest absolute Gasteiger partial charge is 0.0201 e. The molecule has 0 aliphatic rings. The Kier molecular flexibility index (Phi) is 5.03. The highest BCUT2D eigenvalue weighted by Crippen LogP contribution is 2.20. The first-order valence-corrected chi connectivity index (χ1v) is 4.94. The molecule has 0 aliphatic carbocycles. The predicted molar refractivity (Wildman–Crippen MR) is 56.0 cm³/mol. The minimum Gasteiger partial charge on any atom is -0.386 e. The molecule has 0 radical (unpaired) electrons. The summed E-state index contributed by atoms with van der Waals surface area (Å²) in [4.78, 5) is 0. The maximum absolute atomic E-state index is 4.08. The van der Waals surface area contributed by atoms with Gasteiger partial charge in [0.05, 0.1) is 0 Å². The van der Waals surface area contributed by atoms with Crippen LogP contribution in [0.5, 0.6) is 0 Å². The molecular weight excluding hydrogens is 146 g/mol. The lowest BCUT2D eigenvalue weighted by atomic mass is 9.90. The second-order valence-electron chi connectivity index (χ2n) is 4.08. The molecule has 1 heteroatoms. The molecule has 0 aromatic rings. The third kappa shape index (κ3) is 3.80. The molecule has 0 fully saturated rings. The summed E-state index contributed by atoms with van der Waals surface area (Å²) in [5.74, 6) is 1.31. The molecule has 1 N–H and O–H groups in total. The van der Waals surface area contributed by atoms with E-state index in [0.717, 1.165) is 0 Å². The summed E-state index contributed by atoms with van der Waals surface area (Å²) < 4.78 is 0. The molecule has 0 amide bonds. The Labute approximate surface area is 77.2 Å². The van der Waals surface area contributed by atoms with Crippen LogP contribution in [0.2, 0.25) is 0 Å². The lowest BCUT2D eigenvalue weighted by molar-refractivity contribution is 0.399. The molecule has 12 heavy (non-hydrogen) atoms. The Bertz CT molecular complexity index is 136. The standard InChI is InChI=1S/C11H23N/c1-7-11(8(2)3)10(6)12-9(4)5/h8-9,11-12H,6-7H2,1-5H3. The highest BCUT2D eigenvalue weighted by Gasteiger charge is 2.14. The van der Waals surface area contributed by atoms with Crippen LogP contribution in [0.1, 0.15) is 41.0 Å². The predicted octanol–water partition coefficient (Wildman–Crippen LogP) is 3.18. The van der Waals surface area contributed by atoms with Crippen molar-refractivity contribution >= 4 is 0 Å². The number of nitrogens with one attached hydrogen (secondary N) is 1. The molecule has 1 unspecified atom stereocenters. The first-order valence-electron chi connectivity index (χ1n) is 4.94. The lowest BCUT2D eigenvalue weighted by Crippen LogP contribution is -2.28. The molecule has 72 valence electrons. The van der Waals surface area contributed by atoms with Gasteiger partial charge in [-0.3, -0.25) is 0 Å². The first kappa shape index (κ1) is 11.5. The summed E-state index contributed by atoms with van der Waals surface area (Å²) in [6.45, 7) is 15.1. The summed E-state index contributed by atoms with van der Waals surface area (Å²) in [6.07, 6.45) is 1.18. The lowest BCUT2D eigenvalue weighted by Gasteiger charge is -2.24. The molecule has 0 aliphatic heterocycles. The van der Waals surface area contributed by atoms with E-state index in [2.05, 4.69) is 46.5 Å². The van der Waals surface area contributed by atoms with Gasteiger partial charge in [0.15, 0.2) is 0 Å². The number of rotatable bonds is 5. The quantitative estimate of drug-likeness (QED) is 0.666. The van der Waals surface area contributed by atoms with Gasteiger partial charge in [-0.15, -0.1) is 0 Å². The largest absolute Gasteiger partial charge is 0.386 e. The Hall–Kier alpha value is -0.460. The number of allylic oxidation sites excluding steroid dienone is 1. The third-order valence-corrected chi connectivity index (χ3v) is 2.17. The van der Waals surface area contributed by atoms with Crippen LogP contribution in [0.25, 0.3) is 0 Å². The van der Waals surface area contributed by atoms with Crippen LogP contribution in [0, 0.1) is 11.8 Å². The molecule has 0 saturated heterocycles. The van der Waals surface area contributed by atoms with Crippen LogP contribution in [-0.4, -0.2) is 6.04 Å². The fourth-order valence-corrected chi connectivity index (χ4v) is 1.60. The maximum atomic E-state index is 4.08.